The summed E-state index contributed by atoms with van der Waals surface area (Å²) in [6.07, 6.45) is 7.02. The van der Waals surface area contributed by atoms with Gasteiger partial charge in [0, 0.05) is 16.8 Å². The van der Waals surface area contributed by atoms with Crippen LogP contribution in [-0.4, -0.2) is 31.6 Å². The van der Waals surface area contributed by atoms with Crippen LogP contribution >= 0.6 is 0 Å². The number of hydrogen-bond acceptors (Lipinski definition) is 4. The van der Waals surface area contributed by atoms with E-state index in [4.69, 9.17) is 14.5 Å². The molecule has 0 radical (unpaired) electrons. The van der Waals surface area contributed by atoms with Gasteiger partial charge in [-0.3, -0.25) is 10.3 Å². The number of ether oxygens (including phenoxy) is 2. The van der Waals surface area contributed by atoms with Gasteiger partial charge in [0.25, 0.3) is 0 Å². The fraction of sp³-hybridized carbons (Fsp3) is 0.462. The highest BCUT2D eigenvalue weighted by Crippen LogP contribution is 2.29. The molecule has 0 spiro atoms. The molecule has 0 aromatic heterocycles. The monoisotopic (exact) mass is 422 g/mol. The highest BCUT2D eigenvalue weighted by atomic mass is 16.5. The van der Waals surface area contributed by atoms with E-state index >= 15 is 0 Å². The third-order valence-electron chi connectivity index (χ3n) is 5.61. The largest absolute Gasteiger partial charge is 0.497 e. The van der Waals surface area contributed by atoms with Gasteiger partial charge in [-0.05, 0) is 55.2 Å². The van der Waals surface area contributed by atoms with Crippen LogP contribution in [0.4, 0.5) is 10.5 Å². The quantitative estimate of drug-likeness (QED) is 0.452. The van der Waals surface area contributed by atoms with Crippen molar-refractivity contribution in [1.82, 2.24) is 0 Å². The number of fused-ring (bicyclic) bond motifs is 1. The maximum atomic E-state index is 12.0. The van der Waals surface area contributed by atoms with Gasteiger partial charge in [0.15, 0.2) is 0 Å². The Morgan fingerprint density at radius 1 is 1.06 bits per heavy atom. The lowest BCUT2D eigenvalue weighted by atomic mass is 9.88. The molecule has 1 aliphatic heterocycles. The first kappa shape index (κ1) is 22.9. The maximum absolute atomic E-state index is 12.0. The lowest BCUT2D eigenvalue weighted by Gasteiger charge is -2.24. The predicted molar refractivity (Wildman–Crippen MR) is 127 cm³/mol. The Balaban J connectivity index is 1.75. The summed E-state index contributed by atoms with van der Waals surface area (Å²) < 4.78 is 10.7. The molecule has 0 saturated carbocycles. The van der Waals surface area contributed by atoms with E-state index in [1.807, 2.05) is 30.3 Å². The molecule has 1 atom stereocenters. The fourth-order valence-electron chi connectivity index (χ4n) is 3.87. The Bertz CT molecular complexity index is 890. The molecule has 0 unspecified atom stereocenters. The second kappa shape index (κ2) is 11.5. The number of carbonyl (C=O) groups is 1. The van der Waals surface area contributed by atoms with Crippen molar-refractivity contribution in [2.24, 2.45) is 4.99 Å². The van der Waals surface area contributed by atoms with Crippen molar-refractivity contribution >= 4 is 17.5 Å². The normalized spacial score (nSPS) is 15.1. The van der Waals surface area contributed by atoms with Crippen LogP contribution in [0.15, 0.2) is 47.5 Å². The first-order valence-corrected chi connectivity index (χ1v) is 11.4. The van der Waals surface area contributed by atoms with E-state index in [1.165, 1.54) is 18.4 Å². The zero-order valence-corrected chi connectivity index (χ0v) is 18.9. The molecule has 1 aliphatic rings. The van der Waals surface area contributed by atoms with Crippen LogP contribution in [0.1, 0.15) is 69.1 Å². The molecule has 1 amide bonds. The van der Waals surface area contributed by atoms with Crippen LogP contribution in [0.2, 0.25) is 0 Å². The minimum atomic E-state index is -0.407. The molecule has 0 bridgehead atoms. The summed E-state index contributed by atoms with van der Waals surface area (Å²) in [6.45, 7) is 4.79. The minimum absolute atomic E-state index is 0.283. The van der Waals surface area contributed by atoms with Gasteiger partial charge >= 0.3 is 6.09 Å². The molecule has 0 aliphatic carbocycles. The Morgan fingerprint density at radius 2 is 1.84 bits per heavy atom. The fourth-order valence-corrected chi connectivity index (χ4v) is 3.87. The van der Waals surface area contributed by atoms with Crippen molar-refractivity contribution in [3.05, 3.63) is 59.2 Å². The molecular formula is C26H34N2O3. The number of aliphatic imine (C=N–C) groups is 1. The second-order valence-electron chi connectivity index (χ2n) is 8.05. The molecule has 0 fully saturated rings. The number of nitrogens with zero attached hydrogens (tertiary/aromatic N) is 1. The van der Waals surface area contributed by atoms with Crippen LogP contribution in [0, 0.1) is 0 Å². The average Bonchev–Trinajstić information content (AvgIpc) is 2.80. The van der Waals surface area contributed by atoms with E-state index in [9.17, 15) is 4.79 Å². The van der Waals surface area contributed by atoms with Gasteiger partial charge in [0.05, 0.1) is 25.5 Å². The van der Waals surface area contributed by atoms with Crippen molar-refractivity contribution in [3.8, 4) is 5.75 Å². The topological polar surface area (TPSA) is 59.9 Å². The highest BCUT2D eigenvalue weighted by Gasteiger charge is 2.22. The lowest BCUT2D eigenvalue weighted by molar-refractivity contribution is 0.159. The first-order valence-electron chi connectivity index (χ1n) is 11.4. The van der Waals surface area contributed by atoms with E-state index in [1.54, 1.807) is 7.11 Å². The minimum Gasteiger partial charge on any atom is -0.497 e. The van der Waals surface area contributed by atoms with Crippen molar-refractivity contribution in [1.29, 1.82) is 0 Å². The van der Waals surface area contributed by atoms with Gasteiger partial charge < -0.3 is 9.47 Å². The van der Waals surface area contributed by atoms with Gasteiger partial charge in [0.1, 0.15) is 5.75 Å². The summed E-state index contributed by atoms with van der Waals surface area (Å²) in [7, 11) is 1.70. The molecule has 3 rings (SSSR count). The Labute approximate surface area is 185 Å². The summed E-state index contributed by atoms with van der Waals surface area (Å²) in [4.78, 5) is 17.1. The van der Waals surface area contributed by atoms with Gasteiger partial charge in [-0.1, -0.05) is 51.7 Å². The molecule has 2 aromatic carbocycles. The third-order valence-corrected chi connectivity index (χ3v) is 5.61. The van der Waals surface area contributed by atoms with Gasteiger partial charge in [0.2, 0.25) is 0 Å². The van der Waals surface area contributed by atoms with Crippen molar-refractivity contribution in [2.45, 2.75) is 64.8 Å². The first-order chi connectivity index (χ1) is 15.1. The van der Waals surface area contributed by atoms with E-state index in [0.29, 0.717) is 6.61 Å². The number of unbranched alkanes of at least 4 members (excludes halogenated alkanes) is 3. The molecule has 5 heteroatoms. The van der Waals surface area contributed by atoms with E-state index in [0.717, 1.165) is 60.4 Å². The Kier molecular flexibility index (Phi) is 8.51. The summed E-state index contributed by atoms with van der Waals surface area (Å²) in [5, 5.41) is 2.80. The number of carbonyl (C=O) groups excluding carboxylic acids is 1. The van der Waals surface area contributed by atoms with Crippen LogP contribution in [0.25, 0.3) is 0 Å². The molecule has 31 heavy (non-hydrogen) atoms. The number of nitrogens with one attached hydrogen (secondary N) is 1. The predicted octanol–water partition coefficient (Wildman–Crippen LogP) is 6.39. The Morgan fingerprint density at radius 3 is 2.55 bits per heavy atom. The van der Waals surface area contributed by atoms with E-state index in [2.05, 4.69) is 31.3 Å². The molecule has 2 aromatic rings. The van der Waals surface area contributed by atoms with Gasteiger partial charge in [-0.25, -0.2) is 4.79 Å². The molecule has 5 nitrogen and oxygen atoms in total. The number of hydrogen-bond donors (Lipinski definition) is 1. The second-order valence-corrected chi connectivity index (χ2v) is 8.05. The summed E-state index contributed by atoms with van der Waals surface area (Å²) in [5.41, 5.74) is 5.22. The molecule has 1 heterocycles. The van der Waals surface area contributed by atoms with E-state index in [-0.39, 0.29) is 6.04 Å². The summed E-state index contributed by atoms with van der Waals surface area (Å²) in [5.74, 6) is 0.881. The smallest absolute Gasteiger partial charge is 0.411 e. The summed E-state index contributed by atoms with van der Waals surface area (Å²) in [6, 6.07) is 14.4. The SMILES string of the molecule is CCCCCOC(=O)Nc1ccc(C2=N[C@@H](CCCC)Cc3cc(OC)ccc32)cc1. The van der Waals surface area contributed by atoms with Gasteiger partial charge in [-0.2, -0.15) is 0 Å². The van der Waals surface area contributed by atoms with Gasteiger partial charge in [-0.15, -0.1) is 0 Å². The van der Waals surface area contributed by atoms with Crippen LogP contribution < -0.4 is 10.1 Å². The van der Waals surface area contributed by atoms with Crippen LogP contribution in [-0.2, 0) is 11.2 Å². The number of amides is 1. The number of benzene rings is 2. The maximum Gasteiger partial charge on any atom is 0.411 e. The van der Waals surface area contributed by atoms with Crippen molar-refractivity contribution in [3.63, 3.8) is 0 Å². The third kappa shape index (κ3) is 6.33. The standard InChI is InChI=1S/C26H34N2O3/c1-4-6-8-16-31-26(29)28-21-12-10-19(11-13-21)25-24-15-14-23(30-3)18-20(24)17-22(27-25)9-7-5-2/h10-15,18,22H,4-9,16-17H2,1-3H3,(H,28,29)/t22-/m0/s1. The lowest BCUT2D eigenvalue weighted by Crippen LogP contribution is -2.22. The molecule has 0 saturated heterocycles. The highest BCUT2D eigenvalue weighted by molar-refractivity contribution is 6.14. The number of anilines is 1. The molecule has 1 N–H and O–H groups in total. The van der Waals surface area contributed by atoms with E-state index < -0.39 is 6.09 Å². The van der Waals surface area contributed by atoms with Crippen molar-refractivity contribution < 1.29 is 14.3 Å². The number of methoxy groups -OCH3 is 1. The van der Waals surface area contributed by atoms with Crippen LogP contribution in [0.5, 0.6) is 5.75 Å². The zero-order chi connectivity index (χ0) is 22.1. The molecular weight excluding hydrogens is 388 g/mol. The van der Waals surface area contributed by atoms with Crippen LogP contribution in [0.3, 0.4) is 0 Å². The van der Waals surface area contributed by atoms with Crippen molar-refractivity contribution in [2.75, 3.05) is 19.0 Å². The Hall–Kier alpha value is -2.82. The zero-order valence-electron chi connectivity index (χ0n) is 18.9. The summed E-state index contributed by atoms with van der Waals surface area (Å²) >= 11 is 0. The number of rotatable bonds is 10. The average molecular weight is 423 g/mol. The molecule has 166 valence electrons.